The summed E-state index contributed by atoms with van der Waals surface area (Å²) in [6.45, 7) is 3.07. The molecule has 2 aromatic carbocycles. The SMILES string of the molecule is CCS(=O)(=O)Nc1cccc(C2=NN(S(=O)(=O)CC)[C@@H](c3ccc(F)cc3)C2)c1. The van der Waals surface area contributed by atoms with Gasteiger partial charge in [0.15, 0.2) is 0 Å². The minimum Gasteiger partial charge on any atom is -0.284 e. The van der Waals surface area contributed by atoms with Crippen LogP contribution in [0.1, 0.15) is 37.4 Å². The van der Waals surface area contributed by atoms with Gasteiger partial charge in [0.05, 0.1) is 23.3 Å². The number of nitrogens with one attached hydrogen (secondary N) is 1. The molecular weight excluding hydrogens is 417 g/mol. The van der Waals surface area contributed by atoms with Crippen molar-refractivity contribution < 1.29 is 21.2 Å². The highest BCUT2D eigenvalue weighted by atomic mass is 32.2. The molecule has 0 spiro atoms. The van der Waals surface area contributed by atoms with Crippen molar-refractivity contribution in [3.8, 4) is 0 Å². The van der Waals surface area contributed by atoms with Crippen molar-refractivity contribution in [3.63, 3.8) is 0 Å². The van der Waals surface area contributed by atoms with E-state index in [4.69, 9.17) is 0 Å². The number of halogens is 1. The number of nitrogens with zero attached hydrogens (tertiary/aromatic N) is 2. The molecule has 0 saturated heterocycles. The van der Waals surface area contributed by atoms with Crippen LogP contribution < -0.4 is 4.72 Å². The molecule has 0 unspecified atom stereocenters. The van der Waals surface area contributed by atoms with Gasteiger partial charge < -0.3 is 0 Å². The third-order valence-electron chi connectivity index (χ3n) is 4.63. The number of sulfonamides is 2. The Bertz CT molecular complexity index is 1130. The number of hydrogen-bond acceptors (Lipinski definition) is 5. The molecule has 0 aliphatic carbocycles. The maximum atomic E-state index is 13.3. The van der Waals surface area contributed by atoms with Gasteiger partial charge in [-0.1, -0.05) is 24.3 Å². The Morgan fingerprint density at radius 2 is 1.76 bits per heavy atom. The van der Waals surface area contributed by atoms with E-state index in [0.717, 1.165) is 4.41 Å². The molecule has 1 aliphatic rings. The monoisotopic (exact) mass is 439 g/mol. The van der Waals surface area contributed by atoms with Crippen LogP contribution in [0, 0.1) is 5.82 Å². The van der Waals surface area contributed by atoms with Crippen LogP contribution in [0.2, 0.25) is 0 Å². The maximum absolute atomic E-state index is 13.3. The Morgan fingerprint density at radius 1 is 1.07 bits per heavy atom. The predicted octanol–water partition coefficient (Wildman–Crippen LogP) is 3.09. The molecule has 29 heavy (non-hydrogen) atoms. The van der Waals surface area contributed by atoms with Crippen LogP contribution in [-0.2, 0) is 20.0 Å². The normalized spacial score (nSPS) is 17.3. The molecule has 0 saturated carbocycles. The number of hydrogen-bond donors (Lipinski definition) is 1. The summed E-state index contributed by atoms with van der Waals surface area (Å²) < 4.78 is 65.7. The van der Waals surface area contributed by atoms with Gasteiger partial charge >= 0.3 is 0 Å². The van der Waals surface area contributed by atoms with Crippen molar-refractivity contribution in [2.75, 3.05) is 16.2 Å². The standard InChI is InChI=1S/C19H22FN3O4S2/c1-3-28(24,25)22-17-7-5-6-15(12-17)18-13-19(14-8-10-16(20)11-9-14)23(21-18)29(26,27)4-2/h5-12,19,22H,3-4,13H2,1-2H3/t19-/m1/s1. The first kappa shape index (κ1) is 21.3. The van der Waals surface area contributed by atoms with E-state index in [0.29, 0.717) is 22.5 Å². The van der Waals surface area contributed by atoms with Crippen molar-refractivity contribution in [2.24, 2.45) is 5.10 Å². The van der Waals surface area contributed by atoms with E-state index in [2.05, 4.69) is 9.82 Å². The second-order valence-corrected chi connectivity index (χ2v) is 10.7. The Morgan fingerprint density at radius 3 is 2.38 bits per heavy atom. The van der Waals surface area contributed by atoms with Crippen molar-refractivity contribution in [3.05, 3.63) is 65.5 Å². The van der Waals surface area contributed by atoms with E-state index in [-0.39, 0.29) is 17.9 Å². The summed E-state index contributed by atoms with van der Waals surface area (Å²) in [5.41, 5.74) is 2.13. The zero-order valence-corrected chi connectivity index (χ0v) is 17.7. The van der Waals surface area contributed by atoms with Gasteiger partial charge in [0.1, 0.15) is 5.82 Å². The van der Waals surface area contributed by atoms with Crippen molar-refractivity contribution in [1.82, 2.24) is 4.41 Å². The first-order valence-electron chi connectivity index (χ1n) is 9.11. The zero-order valence-electron chi connectivity index (χ0n) is 16.0. The van der Waals surface area contributed by atoms with Crippen LogP contribution in [0.3, 0.4) is 0 Å². The molecule has 0 radical (unpaired) electrons. The second-order valence-electron chi connectivity index (χ2n) is 6.58. The average Bonchev–Trinajstić information content (AvgIpc) is 3.15. The molecule has 0 bridgehead atoms. The maximum Gasteiger partial charge on any atom is 0.250 e. The summed E-state index contributed by atoms with van der Waals surface area (Å²) in [4.78, 5) is 0. The second kappa shape index (κ2) is 8.11. The number of rotatable bonds is 7. The van der Waals surface area contributed by atoms with E-state index >= 15 is 0 Å². The van der Waals surface area contributed by atoms with Gasteiger partial charge in [0, 0.05) is 12.1 Å². The Balaban J connectivity index is 1.98. The molecule has 1 N–H and O–H groups in total. The fourth-order valence-electron chi connectivity index (χ4n) is 3.00. The minimum absolute atomic E-state index is 0.0622. The summed E-state index contributed by atoms with van der Waals surface area (Å²) in [6.07, 6.45) is 0.287. The fourth-order valence-corrected chi connectivity index (χ4v) is 4.70. The Labute approximate surface area is 170 Å². The minimum atomic E-state index is -3.65. The summed E-state index contributed by atoms with van der Waals surface area (Å²) in [5, 5.41) is 4.33. The lowest BCUT2D eigenvalue weighted by Crippen LogP contribution is -2.28. The third kappa shape index (κ3) is 4.76. The van der Waals surface area contributed by atoms with E-state index in [9.17, 15) is 21.2 Å². The molecule has 7 nitrogen and oxygen atoms in total. The van der Waals surface area contributed by atoms with Crippen LogP contribution in [0.4, 0.5) is 10.1 Å². The lowest BCUT2D eigenvalue weighted by atomic mass is 9.99. The third-order valence-corrected chi connectivity index (χ3v) is 7.57. The van der Waals surface area contributed by atoms with Crippen LogP contribution in [0.25, 0.3) is 0 Å². The summed E-state index contributed by atoms with van der Waals surface area (Å²) >= 11 is 0. The number of benzene rings is 2. The van der Waals surface area contributed by atoms with Crippen LogP contribution in [-0.4, -0.2) is 38.5 Å². The molecule has 0 fully saturated rings. The summed E-state index contributed by atoms with van der Waals surface area (Å²) in [5.74, 6) is -0.598. The topological polar surface area (TPSA) is 95.9 Å². The number of anilines is 1. The molecule has 1 heterocycles. The molecule has 0 amide bonds. The molecule has 10 heteroatoms. The lowest BCUT2D eigenvalue weighted by molar-refractivity contribution is 0.372. The van der Waals surface area contributed by atoms with Crippen LogP contribution in [0.5, 0.6) is 0 Å². The van der Waals surface area contributed by atoms with Gasteiger partial charge in [-0.3, -0.25) is 4.72 Å². The highest BCUT2D eigenvalue weighted by Gasteiger charge is 2.35. The van der Waals surface area contributed by atoms with Crippen LogP contribution >= 0.6 is 0 Å². The largest absolute Gasteiger partial charge is 0.284 e. The van der Waals surface area contributed by atoms with Gasteiger partial charge in [-0.15, -0.1) is 0 Å². The highest BCUT2D eigenvalue weighted by molar-refractivity contribution is 7.92. The van der Waals surface area contributed by atoms with Gasteiger partial charge in [-0.05, 0) is 49.2 Å². The number of hydrazone groups is 1. The van der Waals surface area contributed by atoms with Gasteiger partial charge in [-0.25, -0.2) is 21.2 Å². The van der Waals surface area contributed by atoms with E-state index in [1.54, 1.807) is 36.4 Å². The van der Waals surface area contributed by atoms with Crippen molar-refractivity contribution in [1.29, 1.82) is 0 Å². The molecular formula is C19H22FN3O4S2. The van der Waals surface area contributed by atoms with E-state index < -0.39 is 31.9 Å². The zero-order chi connectivity index (χ0) is 21.2. The molecule has 3 rings (SSSR count). The molecule has 1 atom stereocenters. The first-order chi connectivity index (χ1) is 13.6. The highest BCUT2D eigenvalue weighted by Crippen LogP contribution is 2.35. The molecule has 2 aromatic rings. The van der Waals surface area contributed by atoms with Gasteiger partial charge in [0.25, 0.3) is 0 Å². The lowest BCUT2D eigenvalue weighted by Gasteiger charge is -2.22. The average molecular weight is 440 g/mol. The quantitative estimate of drug-likeness (QED) is 0.717. The Kier molecular flexibility index (Phi) is 5.95. The smallest absolute Gasteiger partial charge is 0.250 e. The van der Waals surface area contributed by atoms with Crippen LogP contribution in [0.15, 0.2) is 53.6 Å². The molecule has 0 aromatic heterocycles. The van der Waals surface area contributed by atoms with Crippen molar-refractivity contribution >= 4 is 31.4 Å². The van der Waals surface area contributed by atoms with E-state index in [1.165, 1.54) is 26.0 Å². The van der Waals surface area contributed by atoms with E-state index in [1.807, 2.05) is 0 Å². The van der Waals surface area contributed by atoms with Gasteiger partial charge in [0.2, 0.25) is 20.0 Å². The fraction of sp³-hybridized carbons (Fsp3) is 0.316. The predicted molar refractivity (Wildman–Crippen MR) is 111 cm³/mol. The van der Waals surface area contributed by atoms with Crippen molar-refractivity contribution in [2.45, 2.75) is 26.3 Å². The Hall–Kier alpha value is -2.46. The summed E-state index contributed by atoms with van der Waals surface area (Å²) in [6, 6.07) is 11.7. The summed E-state index contributed by atoms with van der Waals surface area (Å²) in [7, 11) is -7.09. The first-order valence-corrected chi connectivity index (χ1v) is 12.4. The molecule has 1 aliphatic heterocycles. The molecule has 156 valence electrons. The van der Waals surface area contributed by atoms with Gasteiger partial charge in [-0.2, -0.15) is 9.52 Å².